The van der Waals surface area contributed by atoms with E-state index in [2.05, 4.69) is 15.2 Å². The second-order valence-corrected chi connectivity index (χ2v) is 6.59. The summed E-state index contributed by atoms with van der Waals surface area (Å²) in [4.78, 5) is 4.56. The zero-order valence-corrected chi connectivity index (χ0v) is 15.7. The number of rotatable bonds is 4. The summed E-state index contributed by atoms with van der Waals surface area (Å²) >= 11 is 0. The number of aryl methyl sites for hydroxylation is 1. The normalized spacial score (nSPS) is 11.4. The molecule has 140 valence electrons. The highest BCUT2D eigenvalue weighted by Crippen LogP contribution is 2.35. The Morgan fingerprint density at radius 3 is 2.61 bits per heavy atom. The molecule has 5 heterocycles. The smallest absolute Gasteiger partial charge is 0.145 e. The second kappa shape index (κ2) is 6.12. The monoisotopic (exact) mass is 374 g/mol. The zero-order chi connectivity index (χ0) is 19.3. The molecule has 0 fully saturated rings. The number of methoxy groups -OCH3 is 1. The Hall–Kier alpha value is -3.81. The summed E-state index contributed by atoms with van der Waals surface area (Å²) in [7, 11) is 5.54. The number of imidazole rings is 1. The molecular weight excluding hydrogens is 356 g/mol. The highest BCUT2D eigenvalue weighted by Gasteiger charge is 2.19. The number of hydrogen-bond donors (Lipinski definition) is 0. The number of pyridine rings is 1. The van der Waals surface area contributed by atoms with E-state index < -0.39 is 0 Å². The van der Waals surface area contributed by atoms with Crippen molar-refractivity contribution < 1.29 is 9.15 Å². The van der Waals surface area contributed by atoms with Gasteiger partial charge in [-0.1, -0.05) is 0 Å². The first-order valence-electron chi connectivity index (χ1n) is 8.75. The van der Waals surface area contributed by atoms with Gasteiger partial charge < -0.3 is 13.7 Å². The Morgan fingerprint density at radius 1 is 1.00 bits per heavy atom. The molecule has 0 N–H and O–H groups in total. The molecule has 0 radical (unpaired) electrons. The van der Waals surface area contributed by atoms with Crippen LogP contribution in [-0.2, 0) is 14.1 Å². The Kier molecular flexibility index (Phi) is 3.58. The van der Waals surface area contributed by atoms with E-state index in [0.717, 1.165) is 45.0 Å². The number of nitrogens with zero attached hydrogens (tertiary/aromatic N) is 6. The fourth-order valence-corrected chi connectivity index (χ4v) is 3.48. The third kappa shape index (κ3) is 2.42. The average molecular weight is 374 g/mol. The van der Waals surface area contributed by atoms with Crippen LogP contribution in [0.3, 0.4) is 0 Å². The highest BCUT2D eigenvalue weighted by molar-refractivity contribution is 5.85. The first-order chi connectivity index (χ1) is 13.7. The van der Waals surface area contributed by atoms with Crippen LogP contribution in [-0.4, -0.2) is 36.1 Å². The Labute approximate surface area is 160 Å². The number of fused-ring (bicyclic) bond motifs is 1. The summed E-state index contributed by atoms with van der Waals surface area (Å²) in [6, 6.07) is 3.90. The van der Waals surface area contributed by atoms with Crippen LogP contribution in [0.1, 0.15) is 0 Å². The van der Waals surface area contributed by atoms with E-state index in [4.69, 9.17) is 9.15 Å². The van der Waals surface area contributed by atoms with Gasteiger partial charge in [0, 0.05) is 43.2 Å². The van der Waals surface area contributed by atoms with Crippen molar-refractivity contribution in [3.63, 3.8) is 0 Å². The summed E-state index contributed by atoms with van der Waals surface area (Å²) in [5, 5.41) is 8.81. The van der Waals surface area contributed by atoms with Gasteiger partial charge in [-0.3, -0.25) is 4.68 Å². The van der Waals surface area contributed by atoms with E-state index in [9.17, 15) is 0 Å². The number of aromatic nitrogens is 6. The maximum atomic E-state index is 5.70. The minimum absolute atomic E-state index is 0.736. The number of ether oxygens (including phenoxy) is 1. The predicted molar refractivity (Wildman–Crippen MR) is 104 cm³/mol. The molecule has 0 aliphatic carbocycles. The first kappa shape index (κ1) is 16.4. The minimum Gasteiger partial charge on any atom is -0.494 e. The molecule has 0 aromatic carbocycles. The predicted octanol–water partition coefficient (Wildman–Crippen LogP) is 3.40. The summed E-state index contributed by atoms with van der Waals surface area (Å²) in [5.41, 5.74) is 5.68. The van der Waals surface area contributed by atoms with Crippen LogP contribution in [0.25, 0.3) is 39.3 Å². The van der Waals surface area contributed by atoms with Crippen molar-refractivity contribution in [1.82, 2.24) is 28.9 Å². The molecule has 5 aromatic heterocycles. The molecule has 0 spiro atoms. The van der Waals surface area contributed by atoms with Crippen molar-refractivity contribution in [2.45, 2.75) is 0 Å². The van der Waals surface area contributed by atoms with E-state index >= 15 is 0 Å². The topological polar surface area (TPSA) is 75.3 Å². The van der Waals surface area contributed by atoms with Gasteiger partial charge in [0.2, 0.25) is 0 Å². The third-order valence-corrected chi connectivity index (χ3v) is 4.88. The summed E-state index contributed by atoms with van der Waals surface area (Å²) in [6.07, 6.45) is 12.8. The van der Waals surface area contributed by atoms with Gasteiger partial charge in [-0.2, -0.15) is 10.2 Å². The molecule has 0 aliphatic rings. The number of hydrogen-bond acceptors (Lipinski definition) is 5. The standard InChI is InChI=1S/C20H18N6O2/c1-24-10-15(7-22-24)14-6-18(27-3)19-16(8-23-26(19)11-14)17-9-21-20(25(17)2)13-4-5-28-12-13/h4-12H,1-3H3. The molecule has 0 atom stereocenters. The zero-order valence-electron chi connectivity index (χ0n) is 15.7. The molecule has 5 aromatic rings. The van der Waals surface area contributed by atoms with Crippen LogP contribution in [0.5, 0.6) is 5.75 Å². The fraction of sp³-hybridized carbons (Fsp3) is 0.150. The summed E-state index contributed by atoms with van der Waals surface area (Å²) in [5.74, 6) is 1.56. The molecule has 0 bridgehead atoms. The second-order valence-electron chi connectivity index (χ2n) is 6.59. The molecule has 8 nitrogen and oxygen atoms in total. The van der Waals surface area contributed by atoms with E-state index in [1.807, 2.05) is 66.3 Å². The molecule has 0 saturated carbocycles. The van der Waals surface area contributed by atoms with Gasteiger partial charge in [0.05, 0.1) is 43.2 Å². The van der Waals surface area contributed by atoms with Gasteiger partial charge in [0.1, 0.15) is 23.4 Å². The quantitative estimate of drug-likeness (QED) is 0.482. The van der Waals surface area contributed by atoms with Crippen molar-refractivity contribution >= 4 is 5.52 Å². The summed E-state index contributed by atoms with van der Waals surface area (Å²) < 4.78 is 16.5. The van der Waals surface area contributed by atoms with Crippen LogP contribution < -0.4 is 4.74 Å². The molecule has 0 amide bonds. The van der Waals surface area contributed by atoms with Crippen LogP contribution in [0.15, 0.2) is 60.1 Å². The van der Waals surface area contributed by atoms with Crippen LogP contribution >= 0.6 is 0 Å². The lowest BCUT2D eigenvalue weighted by Gasteiger charge is -2.09. The van der Waals surface area contributed by atoms with E-state index in [-0.39, 0.29) is 0 Å². The van der Waals surface area contributed by atoms with Crippen molar-refractivity contribution in [2.24, 2.45) is 14.1 Å². The third-order valence-electron chi connectivity index (χ3n) is 4.88. The van der Waals surface area contributed by atoms with Gasteiger partial charge >= 0.3 is 0 Å². The average Bonchev–Trinajstić information content (AvgIpc) is 3.47. The molecule has 0 saturated heterocycles. The highest BCUT2D eigenvalue weighted by atomic mass is 16.5. The lowest BCUT2D eigenvalue weighted by Crippen LogP contribution is -1.96. The van der Waals surface area contributed by atoms with Gasteiger partial charge in [0.15, 0.2) is 0 Å². The maximum absolute atomic E-state index is 5.70. The molecule has 0 aliphatic heterocycles. The Bertz CT molecular complexity index is 1280. The van der Waals surface area contributed by atoms with E-state index in [1.54, 1.807) is 24.3 Å². The van der Waals surface area contributed by atoms with Crippen LogP contribution in [0.2, 0.25) is 0 Å². The minimum atomic E-state index is 0.736. The molecule has 8 heteroatoms. The SMILES string of the molecule is COc1cc(-c2cnn(C)c2)cn2ncc(-c3cnc(-c4ccoc4)n3C)c12. The van der Waals surface area contributed by atoms with Crippen LogP contribution in [0.4, 0.5) is 0 Å². The molecule has 5 rings (SSSR count). The molecular formula is C20H18N6O2. The lowest BCUT2D eigenvalue weighted by molar-refractivity contribution is 0.418. The van der Waals surface area contributed by atoms with Gasteiger partial charge in [0.25, 0.3) is 0 Å². The van der Waals surface area contributed by atoms with E-state index in [1.165, 1.54) is 0 Å². The Morgan fingerprint density at radius 2 is 1.89 bits per heavy atom. The van der Waals surface area contributed by atoms with Gasteiger partial charge in [-0.15, -0.1) is 0 Å². The maximum Gasteiger partial charge on any atom is 0.145 e. The van der Waals surface area contributed by atoms with Gasteiger partial charge in [-0.25, -0.2) is 9.50 Å². The fourth-order valence-electron chi connectivity index (χ4n) is 3.48. The molecule has 0 unspecified atom stereocenters. The van der Waals surface area contributed by atoms with Crippen LogP contribution in [0, 0.1) is 0 Å². The largest absolute Gasteiger partial charge is 0.494 e. The lowest BCUT2D eigenvalue weighted by atomic mass is 10.1. The van der Waals surface area contributed by atoms with Crippen molar-refractivity contribution in [1.29, 1.82) is 0 Å². The van der Waals surface area contributed by atoms with Crippen molar-refractivity contribution in [3.8, 4) is 39.5 Å². The molecule has 28 heavy (non-hydrogen) atoms. The summed E-state index contributed by atoms with van der Waals surface area (Å²) in [6.45, 7) is 0. The first-order valence-corrected chi connectivity index (χ1v) is 8.75. The van der Waals surface area contributed by atoms with Gasteiger partial charge in [-0.05, 0) is 12.1 Å². The van der Waals surface area contributed by atoms with Crippen molar-refractivity contribution in [3.05, 3.63) is 55.6 Å². The van der Waals surface area contributed by atoms with E-state index in [0.29, 0.717) is 0 Å². The number of furan rings is 1. The van der Waals surface area contributed by atoms with Crippen molar-refractivity contribution in [2.75, 3.05) is 7.11 Å². The Balaban J connectivity index is 1.68.